The van der Waals surface area contributed by atoms with Crippen molar-refractivity contribution in [1.82, 2.24) is 5.32 Å². The molecule has 1 aliphatic heterocycles. The molecular weight excluding hydrogens is 364 g/mol. The van der Waals surface area contributed by atoms with Gasteiger partial charge in [-0.05, 0) is 49.1 Å². The summed E-state index contributed by atoms with van der Waals surface area (Å²) in [6.07, 6.45) is 1.07. The largest absolute Gasteiger partial charge is 0.349 e. The SMILES string of the molecule is CC(NC(=O)c1ccc2c(c1)N(c1ccccc1)CCC(C)(C)S2)C(C)(C)C. The Bertz CT molecular complexity index is 839. The molecule has 0 bridgehead atoms. The molecule has 0 saturated carbocycles. The van der Waals surface area contributed by atoms with Crippen LogP contribution in [0.1, 0.15) is 58.3 Å². The fourth-order valence-corrected chi connectivity index (χ4v) is 4.38. The highest BCUT2D eigenvalue weighted by atomic mass is 32.2. The van der Waals surface area contributed by atoms with Gasteiger partial charge in [0.15, 0.2) is 0 Å². The van der Waals surface area contributed by atoms with E-state index in [1.807, 2.05) is 23.9 Å². The van der Waals surface area contributed by atoms with Crippen LogP contribution in [0.25, 0.3) is 0 Å². The average Bonchev–Trinajstić information content (AvgIpc) is 2.75. The van der Waals surface area contributed by atoms with Crippen LogP contribution < -0.4 is 10.2 Å². The first kappa shape index (κ1) is 20.8. The van der Waals surface area contributed by atoms with Crippen molar-refractivity contribution in [3.05, 3.63) is 54.1 Å². The molecule has 2 aromatic carbocycles. The molecule has 1 unspecified atom stereocenters. The number of anilines is 2. The van der Waals surface area contributed by atoms with E-state index in [2.05, 4.69) is 88.2 Å². The lowest BCUT2D eigenvalue weighted by Crippen LogP contribution is -2.41. The number of hydrogen-bond acceptors (Lipinski definition) is 3. The fraction of sp³-hybridized carbons (Fsp3) is 0.458. The van der Waals surface area contributed by atoms with Gasteiger partial charge in [0, 0.05) is 33.5 Å². The summed E-state index contributed by atoms with van der Waals surface area (Å²) < 4.78 is 0.156. The third-order valence-corrected chi connectivity index (χ3v) is 6.87. The van der Waals surface area contributed by atoms with E-state index in [-0.39, 0.29) is 22.1 Å². The maximum atomic E-state index is 12.9. The number of thioether (sulfide) groups is 1. The summed E-state index contributed by atoms with van der Waals surface area (Å²) in [5.74, 6) is -0.00764. The van der Waals surface area contributed by atoms with Gasteiger partial charge in [-0.2, -0.15) is 0 Å². The quantitative estimate of drug-likeness (QED) is 0.664. The normalized spacial score (nSPS) is 17.4. The second-order valence-corrected chi connectivity index (χ2v) is 11.1. The monoisotopic (exact) mass is 396 g/mol. The average molecular weight is 397 g/mol. The first-order valence-electron chi connectivity index (χ1n) is 10.0. The molecule has 1 aliphatic rings. The fourth-order valence-electron chi connectivity index (χ4n) is 3.18. The van der Waals surface area contributed by atoms with Crippen molar-refractivity contribution in [3.63, 3.8) is 0 Å². The Morgan fingerprint density at radius 2 is 1.82 bits per heavy atom. The van der Waals surface area contributed by atoms with Crippen LogP contribution in [0.15, 0.2) is 53.4 Å². The van der Waals surface area contributed by atoms with Gasteiger partial charge in [-0.25, -0.2) is 0 Å². The maximum absolute atomic E-state index is 12.9. The third-order valence-electron chi connectivity index (χ3n) is 5.55. The molecule has 0 aromatic heterocycles. The highest BCUT2D eigenvalue weighted by molar-refractivity contribution is 8.00. The number of nitrogens with one attached hydrogen (secondary N) is 1. The highest BCUT2D eigenvalue weighted by Crippen LogP contribution is 2.46. The van der Waals surface area contributed by atoms with E-state index in [4.69, 9.17) is 0 Å². The first-order chi connectivity index (χ1) is 13.1. The number of para-hydroxylation sites is 1. The predicted octanol–water partition coefficient (Wildman–Crippen LogP) is 6.26. The minimum absolute atomic E-state index is 0.00764. The number of nitrogens with zero attached hydrogens (tertiary/aromatic N) is 1. The van der Waals surface area contributed by atoms with Gasteiger partial charge in [0.25, 0.3) is 5.91 Å². The van der Waals surface area contributed by atoms with Gasteiger partial charge >= 0.3 is 0 Å². The van der Waals surface area contributed by atoms with Crippen LogP contribution in [0.2, 0.25) is 0 Å². The van der Waals surface area contributed by atoms with Crippen molar-refractivity contribution in [3.8, 4) is 0 Å². The smallest absolute Gasteiger partial charge is 0.251 e. The van der Waals surface area contributed by atoms with Crippen molar-refractivity contribution >= 4 is 29.0 Å². The topological polar surface area (TPSA) is 32.3 Å². The standard InChI is InChI=1S/C24H32N2OS/c1-17(23(2,3)4)25-22(27)18-12-13-21-20(16-18)26(15-14-24(5,6)28-21)19-10-8-7-9-11-19/h7-13,16-17H,14-15H2,1-6H3,(H,25,27). The van der Waals surface area contributed by atoms with Crippen molar-refractivity contribution in [2.75, 3.05) is 11.4 Å². The van der Waals surface area contributed by atoms with Gasteiger partial charge in [0.1, 0.15) is 0 Å². The van der Waals surface area contributed by atoms with Crippen LogP contribution in [0.5, 0.6) is 0 Å². The summed E-state index contributed by atoms with van der Waals surface area (Å²) in [6, 6.07) is 16.7. The molecule has 1 atom stereocenters. The molecule has 28 heavy (non-hydrogen) atoms. The summed E-state index contributed by atoms with van der Waals surface area (Å²) in [7, 11) is 0. The summed E-state index contributed by atoms with van der Waals surface area (Å²) in [5, 5.41) is 3.17. The van der Waals surface area contributed by atoms with E-state index >= 15 is 0 Å². The van der Waals surface area contributed by atoms with Gasteiger partial charge < -0.3 is 10.2 Å². The Kier molecular flexibility index (Phi) is 5.81. The molecule has 4 heteroatoms. The third kappa shape index (κ3) is 4.72. The van der Waals surface area contributed by atoms with Gasteiger partial charge in [-0.3, -0.25) is 4.79 Å². The molecule has 3 rings (SSSR count). The first-order valence-corrected chi connectivity index (χ1v) is 10.8. The lowest BCUT2D eigenvalue weighted by atomic mass is 9.88. The summed E-state index contributed by atoms with van der Waals surface area (Å²) in [6.45, 7) is 14.0. The van der Waals surface area contributed by atoms with E-state index in [9.17, 15) is 4.79 Å². The molecule has 0 aliphatic carbocycles. The number of rotatable bonds is 3. The van der Waals surface area contributed by atoms with E-state index in [0.29, 0.717) is 0 Å². The molecule has 1 amide bonds. The van der Waals surface area contributed by atoms with Gasteiger partial charge in [-0.15, -0.1) is 11.8 Å². The molecule has 3 nitrogen and oxygen atoms in total. The van der Waals surface area contributed by atoms with Crippen molar-refractivity contribution in [1.29, 1.82) is 0 Å². The predicted molar refractivity (Wildman–Crippen MR) is 121 cm³/mol. The molecule has 2 aromatic rings. The molecule has 0 spiro atoms. The Morgan fingerprint density at radius 1 is 1.14 bits per heavy atom. The number of fused-ring (bicyclic) bond motifs is 1. The Morgan fingerprint density at radius 3 is 2.46 bits per heavy atom. The number of carbonyl (C=O) groups excluding carboxylic acids is 1. The summed E-state index contributed by atoms with van der Waals surface area (Å²) in [4.78, 5) is 16.5. The Labute approximate surface area is 173 Å². The van der Waals surface area contributed by atoms with Crippen LogP contribution in [0.3, 0.4) is 0 Å². The maximum Gasteiger partial charge on any atom is 0.251 e. The molecule has 0 fully saturated rings. The zero-order valence-corrected chi connectivity index (χ0v) is 18.7. The molecule has 0 saturated heterocycles. The second-order valence-electron chi connectivity index (χ2n) is 9.34. The Hall–Kier alpha value is -1.94. The lowest BCUT2D eigenvalue weighted by molar-refractivity contribution is 0.0910. The molecule has 150 valence electrons. The molecule has 1 heterocycles. The zero-order chi connectivity index (χ0) is 20.5. The van der Waals surface area contributed by atoms with Crippen LogP contribution in [-0.2, 0) is 0 Å². The summed E-state index contributed by atoms with van der Waals surface area (Å²) in [5.41, 5.74) is 3.04. The second kappa shape index (κ2) is 7.82. The van der Waals surface area contributed by atoms with Crippen molar-refractivity contribution in [2.24, 2.45) is 5.41 Å². The number of carbonyl (C=O) groups is 1. The van der Waals surface area contributed by atoms with E-state index in [1.165, 1.54) is 10.6 Å². The molecule has 1 N–H and O–H groups in total. The van der Waals surface area contributed by atoms with E-state index in [1.54, 1.807) is 0 Å². The van der Waals surface area contributed by atoms with Crippen LogP contribution in [-0.4, -0.2) is 23.2 Å². The van der Waals surface area contributed by atoms with Crippen molar-refractivity contribution in [2.45, 2.75) is 63.6 Å². The van der Waals surface area contributed by atoms with Gasteiger partial charge in [0.05, 0.1) is 5.69 Å². The minimum atomic E-state index is -0.00764. The number of amides is 1. The minimum Gasteiger partial charge on any atom is -0.349 e. The van der Waals surface area contributed by atoms with Crippen LogP contribution in [0, 0.1) is 5.41 Å². The van der Waals surface area contributed by atoms with Gasteiger partial charge in [0.2, 0.25) is 0 Å². The van der Waals surface area contributed by atoms with Crippen LogP contribution in [0.4, 0.5) is 11.4 Å². The zero-order valence-electron chi connectivity index (χ0n) is 17.9. The Balaban J connectivity index is 1.98. The summed E-state index contributed by atoms with van der Waals surface area (Å²) >= 11 is 1.90. The molecular formula is C24H32N2OS. The van der Waals surface area contributed by atoms with Gasteiger partial charge in [-0.1, -0.05) is 52.8 Å². The van der Waals surface area contributed by atoms with Crippen molar-refractivity contribution < 1.29 is 4.79 Å². The van der Waals surface area contributed by atoms with E-state index < -0.39 is 0 Å². The number of benzene rings is 2. The van der Waals surface area contributed by atoms with Crippen LogP contribution >= 0.6 is 11.8 Å². The molecule has 0 radical (unpaired) electrons. The number of hydrogen-bond donors (Lipinski definition) is 1. The highest BCUT2D eigenvalue weighted by Gasteiger charge is 2.29. The van der Waals surface area contributed by atoms with E-state index in [0.717, 1.165) is 24.2 Å². The lowest BCUT2D eigenvalue weighted by Gasteiger charge is -2.28.